The Balaban J connectivity index is 1.46. The average Bonchev–Trinajstić information content (AvgIpc) is 3.52. The smallest absolute Gasteiger partial charge is 0.153 e. The summed E-state index contributed by atoms with van der Waals surface area (Å²) in [7, 11) is 0. The van der Waals surface area contributed by atoms with E-state index >= 15 is 0 Å². The number of H-pyrrole nitrogens is 1. The normalized spacial score (nSPS) is 12.8. The van der Waals surface area contributed by atoms with Gasteiger partial charge in [-0.25, -0.2) is 18.4 Å². The summed E-state index contributed by atoms with van der Waals surface area (Å²) >= 11 is 0. The molecule has 0 radical (unpaired) electrons. The van der Waals surface area contributed by atoms with Gasteiger partial charge in [0.25, 0.3) is 0 Å². The predicted octanol–water partition coefficient (Wildman–Crippen LogP) is 3.65. The SMILES string of the molecule is Fc1ccc(F)c(-c2n[nH]cc2-c2ccc3ncc(-c4nnn5c4NCC5)cc3n2)c1. The van der Waals surface area contributed by atoms with E-state index in [4.69, 9.17) is 4.98 Å². The van der Waals surface area contributed by atoms with Crippen molar-refractivity contribution in [1.29, 1.82) is 0 Å². The largest absolute Gasteiger partial charge is 0.367 e. The van der Waals surface area contributed by atoms with Gasteiger partial charge in [0.2, 0.25) is 0 Å². The van der Waals surface area contributed by atoms with Crippen molar-refractivity contribution in [2.75, 3.05) is 11.9 Å². The molecule has 5 aromatic rings. The topological polar surface area (TPSA) is 97.2 Å². The number of benzene rings is 1. The van der Waals surface area contributed by atoms with Crippen LogP contribution in [0.1, 0.15) is 0 Å². The van der Waals surface area contributed by atoms with Crippen molar-refractivity contribution < 1.29 is 8.78 Å². The van der Waals surface area contributed by atoms with Crippen molar-refractivity contribution in [3.05, 3.63) is 60.4 Å². The maximum atomic E-state index is 14.3. The van der Waals surface area contributed by atoms with E-state index in [2.05, 4.69) is 30.8 Å². The molecule has 0 unspecified atom stereocenters. The molecule has 1 aliphatic rings. The molecule has 6 rings (SSSR count). The van der Waals surface area contributed by atoms with Gasteiger partial charge in [-0.2, -0.15) is 5.10 Å². The second kappa shape index (κ2) is 6.66. The fourth-order valence-corrected chi connectivity index (χ4v) is 3.77. The first-order chi connectivity index (χ1) is 15.2. The minimum Gasteiger partial charge on any atom is -0.367 e. The summed E-state index contributed by atoms with van der Waals surface area (Å²) in [6, 6.07) is 8.77. The molecule has 10 heteroatoms. The van der Waals surface area contributed by atoms with E-state index in [0.29, 0.717) is 28.0 Å². The summed E-state index contributed by atoms with van der Waals surface area (Å²) < 4.78 is 29.9. The lowest BCUT2D eigenvalue weighted by Crippen LogP contribution is -1.97. The summed E-state index contributed by atoms with van der Waals surface area (Å²) in [6.45, 7) is 1.58. The van der Waals surface area contributed by atoms with Gasteiger partial charge in [0.05, 0.1) is 23.3 Å². The zero-order chi connectivity index (χ0) is 20.9. The number of nitrogens with one attached hydrogen (secondary N) is 2. The Hall–Kier alpha value is -4.21. The van der Waals surface area contributed by atoms with E-state index in [0.717, 1.165) is 42.7 Å². The molecule has 0 saturated carbocycles. The molecule has 152 valence electrons. The Labute approximate surface area is 174 Å². The average molecular weight is 416 g/mol. The number of pyridine rings is 2. The third kappa shape index (κ3) is 2.83. The molecular weight excluding hydrogens is 402 g/mol. The lowest BCUT2D eigenvalue weighted by molar-refractivity contribution is 0.602. The molecule has 1 aliphatic heterocycles. The van der Waals surface area contributed by atoms with Crippen molar-refractivity contribution in [1.82, 2.24) is 35.2 Å². The highest BCUT2D eigenvalue weighted by Gasteiger charge is 2.20. The van der Waals surface area contributed by atoms with Crippen LogP contribution in [-0.2, 0) is 6.54 Å². The van der Waals surface area contributed by atoms with Crippen LogP contribution in [0.5, 0.6) is 0 Å². The van der Waals surface area contributed by atoms with Crippen molar-refractivity contribution in [2.24, 2.45) is 0 Å². The number of nitrogens with zero attached hydrogens (tertiary/aromatic N) is 6. The van der Waals surface area contributed by atoms with Gasteiger partial charge in [-0.05, 0) is 36.4 Å². The number of aromatic nitrogens is 7. The fraction of sp³-hybridized carbons (Fsp3) is 0.0952. The molecular formula is C21H14F2N8. The van der Waals surface area contributed by atoms with E-state index in [-0.39, 0.29) is 11.3 Å². The molecule has 2 N–H and O–H groups in total. The number of aromatic amines is 1. The number of hydrogen-bond acceptors (Lipinski definition) is 6. The molecule has 0 amide bonds. The summed E-state index contributed by atoms with van der Waals surface area (Å²) in [5, 5.41) is 18.5. The lowest BCUT2D eigenvalue weighted by atomic mass is 10.0. The maximum Gasteiger partial charge on any atom is 0.153 e. The number of rotatable bonds is 3. The van der Waals surface area contributed by atoms with E-state index in [1.165, 1.54) is 0 Å². The Bertz CT molecular complexity index is 1460. The van der Waals surface area contributed by atoms with Crippen LogP contribution in [0.2, 0.25) is 0 Å². The highest BCUT2D eigenvalue weighted by Crippen LogP contribution is 2.33. The molecule has 31 heavy (non-hydrogen) atoms. The molecule has 8 nitrogen and oxygen atoms in total. The molecule has 0 atom stereocenters. The van der Waals surface area contributed by atoms with Crippen LogP contribution in [0.25, 0.3) is 44.8 Å². The number of hydrogen-bond donors (Lipinski definition) is 2. The molecule has 0 aliphatic carbocycles. The standard InChI is InChI=1S/C21H14F2N8/c22-12-1-2-15(23)13(8-12)20-14(10-26-28-20)16-3-4-17-18(27-16)7-11(9-25-17)19-21-24-5-6-31(21)30-29-19/h1-4,7-10,24H,5-6H2,(H,26,28). The number of fused-ring (bicyclic) bond motifs is 2. The van der Waals surface area contributed by atoms with Gasteiger partial charge in [-0.15, -0.1) is 5.10 Å². The third-order valence-electron chi connectivity index (χ3n) is 5.26. The first-order valence-electron chi connectivity index (χ1n) is 9.61. The predicted molar refractivity (Wildman–Crippen MR) is 110 cm³/mol. The van der Waals surface area contributed by atoms with Gasteiger partial charge in [0, 0.05) is 35.6 Å². The summed E-state index contributed by atoms with van der Waals surface area (Å²) in [5.41, 5.74) is 4.31. The van der Waals surface area contributed by atoms with Gasteiger partial charge >= 0.3 is 0 Å². The second-order valence-corrected chi connectivity index (χ2v) is 7.17. The van der Waals surface area contributed by atoms with Crippen LogP contribution < -0.4 is 5.32 Å². The zero-order valence-electron chi connectivity index (χ0n) is 16.0. The van der Waals surface area contributed by atoms with E-state index in [9.17, 15) is 8.78 Å². The third-order valence-corrected chi connectivity index (χ3v) is 5.26. The molecule has 5 heterocycles. The quantitative estimate of drug-likeness (QED) is 0.466. The van der Waals surface area contributed by atoms with Crippen molar-refractivity contribution >= 4 is 16.9 Å². The number of anilines is 1. The zero-order valence-corrected chi connectivity index (χ0v) is 16.0. The maximum absolute atomic E-state index is 14.3. The van der Waals surface area contributed by atoms with Crippen LogP contribution in [-0.4, -0.2) is 41.7 Å². The van der Waals surface area contributed by atoms with Crippen molar-refractivity contribution in [3.63, 3.8) is 0 Å². The van der Waals surface area contributed by atoms with Gasteiger partial charge in [0.15, 0.2) is 5.82 Å². The first kappa shape index (κ1) is 17.6. The summed E-state index contributed by atoms with van der Waals surface area (Å²) in [6.07, 6.45) is 3.35. The number of halogens is 2. The molecule has 0 bridgehead atoms. The summed E-state index contributed by atoms with van der Waals surface area (Å²) in [5.74, 6) is -0.246. The molecule has 0 spiro atoms. The molecule has 0 saturated heterocycles. The fourth-order valence-electron chi connectivity index (χ4n) is 3.77. The molecule has 0 fully saturated rings. The summed E-state index contributed by atoms with van der Waals surface area (Å²) in [4.78, 5) is 9.20. The first-order valence-corrected chi connectivity index (χ1v) is 9.61. The minimum atomic E-state index is -0.562. The molecule has 1 aromatic carbocycles. The Morgan fingerprint density at radius 1 is 0.968 bits per heavy atom. The van der Waals surface area contributed by atoms with E-state index in [1.54, 1.807) is 18.5 Å². The lowest BCUT2D eigenvalue weighted by Gasteiger charge is -2.06. The Kier molecular flexibility index (Phi) is 3.79. The monoisotopic (exact) mass is 416 g/mol. The molecule has 4 aromatic heterocycles. The highest BCUT2D eigenvalue weighted by atomic mass is 19.1. The van der Waals surface area contributed by atoms with Gasteiger partial charge in [-0.1, -0.05) is 5.21 Å². The second-order valence-electron chi connectivity index (χ2n) is 7.17. The van der Waals surface area contributed by atoms with Gasteiger partial charge in [-0.3, -0.25) is 10.1 Å². The van der Waals surface area contributed by atoms with Crippen LogP contribution >= 0.6 is 0 Å². The van der Waals surface area contributed by atoms with Crippen molar-refractivity contribution in [3.8, 4) is 33.8 Å². The van der Waals surface area contributed by atoms with Gasteiger partial charge < -0.3 is 5.32 Å². The Morgan fingerprint density at radius 2 is 1.90 bits per heavy atom. The van der Waals surface area contributed by atoms with Crippen LogP contribution in [0.4, 0.5) is 14.6 Å². The minimum absolute atomic E-state index is 0.0655. The van der Waals surface area contributed by atoms with E-state index in [1.807, 2.05) is 16.8 Å². The Morgan fingerprint density at radius 3 is 2.84 bits per heavy atom. The van der Waals surface area contributed by atoms with Crippen LogP contribution in [0, 0.1) is 11.6 Å². The highest BCUT2D eigenvalue weighted by molar-refractivity contribution is 5.86. The van der Waals surface area contributed by atoms with E-state index < -0.39 is 11.6 Å². The van der Waals surface area contributed by atoms with Gasteiger partial charge in [0.1, 0.15) is 23.0 Å². The van der Waals surface area contributed by atoms with Crippen LogP contribution in [0.15, 0.2) is 48.8 Å². The van der Waals surface area contributed by atoms with Crippen molar-refractivity contribution in [2.45, 2.75) is 6.54 Å². The van der Waals surface area contributed by atoms with Crippen LogP contribution in [0.3, 0.4) is 0 Å².